The lowest BCUT2D eigenvalue weighted by Crippen LogP contribution is -2.32. The van der Waals surface area contributed by atoms with Gasteiger partial charge in [0.05, 0.1) is 14.2 Å². The molecule has 1 aliphatic carbocycles. The molecule has 1 amide bonds. The molecule has 0 heterocycles. The molecular weight excluding hydrogens is 354 g/mol. The zero-order chi connectivity index (χ0) is 19.5. The Morgan fingerprint density at radius 3 is 2.18 bits per heavy atom. The summed E-state index contributed by atoms with van der Waals surface area (Å²) in [6.07, 6.45) is 4.07. The van der Waals surface area contributed by atoms with Gasteiger partial charge in [-0.15, -0.1) is 0 Å². The van der Waals surface area contributed by atoms with E-state index < -0.39 is 0 Å². The maximum Gasteiger partial charge on any atom is 0.407 e. The highest BCUT2D eigenvalue weighted by atomic mass is 16.5. The molecule has 0 saturated heterocycles. The molecule has 0 aromatic heterocycles. The lowest BCUT2D eigenvalue weighted by molar-refractivity contribution is 0.136. The van der Waals surface area contributed by atoms with Gasteiger partial charge < -0.3 is 19.5 Å². The number of carbonyl (C=O) groups excluding carboxylic acids is 1. The Balaban J connectivity index is 1.64. The van der Waals surface area contributed by atoms with E-state index in [1.54, 1.807) is 14.2 Å². The topological polar surface area (TPSA) is 56.8 Å². The summed E-state index contributed by atoms with van der Waals surface area (Å²) in [7, 11) is 3.35. The van der Waals surface area contributed by atoms with Crippen molar-refractivity contribution in [3.05, 3.63) is 48.0 Å². The van der Waals surface area contributed by atoms with Crippen LogP contribution in [0.4, 0.5) is 4.79 Å². The van der Waals surface area contributed by atoms with Gasteiger partial charge >= 0.3 is 6.09 Å². The zero-order valence-corrected chi connectivity index (χ0v) is 16.3. The minimum atomic E-state index is -0.352. The van der Waals surface area contributed by atoms with Gasteiger partial charge in [0.15, 0.2) is 0 Å². The van der Waals surface area contributed by atoms with E-state index in [-0.39, 0.29) is 18.7 Å². The van der Waals surface area contributed by atoms with E-state index in [0.29, 0.717) is 0 Å². The van der Waals surface area contributed by atoms with Crippen molar-refractivity contribution in [2.45, 2.75) is 38.3 Å². The first kappa shape index (κ1) is 18.4. The summed E-state index contributed by atoms with van der Waals surface area (Å²) in [6, 6.07) is 14.2. The third-order valence-electron chi connectivity index (χ3n) is 5.44. The van der Waals surface area contributed by atoms with E-state index in [2.05, 4.69) is 5.32 Å². The average molecular weight is 379 g/mol. The molecule has 0 bridgehead atoms. The molecule has 5 nitrogen and oxygen atoms in total. The van der Waals surface area contributed by atoms with Crippen LogP contribution >= 0.6 is 0 Å². The summed E-state index contributed by atoms with van der Waals surface area (Å²) in [5, 5.41) is 6.86. The number of methoxy groups -OCH3 is 2. The van der Waals surface area contributed by atoms with Crippen molar-refractivity contribution in [2.75, 3.05) is 14.2 Å². The Morgan fingerprint density at radius 2 is 1.54 bits per heavy atom. The average Bonchev–Trinajstić information content (AvgIpc) is 3.23. The highest BCUT2D eigenvalue weighted by Crippen LogP contribution is 2.42. The number of ether oxygens (including phenoxy) is 3. The molecule has 0 spiro atoms. The second-order valence-corrected chi connectivity index (χ2v) is 7.19. The largest absolute Gasteiger partial charge is 0.495 e. The highest BCUT2D eigenvalue weighted by molar-refractivity contribution is 6.11. The first-order valence-corrected chi connectivity index (χ1v) is 9.70. The van der Waals surface area contributed by atoms with Crippen LogP contribution in [0.5, 0.6) is 11.5 Å². The van der Waals surface area contributed by atoms with Gasteiger partial charge in [0.2, 0.25) is 0 Å². The molecule has 0 unspecified atom stereocenters. The molecule has 1 aliphatic rings. The third-order valence-corrected chi connectivity index (χ3v) is 5.44. The van der Waals surface area contributed by atoms with Crippen molar-refractivity contribution in [3.63, 3.8) is 0 Å². The Morgan fingerprint density at radius 1 is 0.929 bits per heavy atom. The van der Waals surface area contributed by atoms with Gasteiger partial charge in [-0.1, -0.05) is 49.2 Å². The summed E-state index contributed by atoms with van der Waals surface area (Å²) in [5.74, 6) is 1.61. The lowest BCUT2D eigenvalue weighted by Gasteiger charge is -2.16. The van der Waals surface area contributed by atoms with Crippen LogP contribution in [0.3, 0.4) is 0 Å². The Hall–Kier alpha value is -2.95. The molecule has 28 heavy (non-hydrogen) atoms. The summed E-state index contributed by atoms with van der Waals surface area (Å²) < 4.78 is 16.9. The zero-order valence-electron chi connectivity index (χ0n) is 16.3. The second-order valence-electron chi connectivity index (χ2n) is 7.19. The fourth-order valence-electron chi connectivity index (χ4n) is 4.10. The van der Waals surface area contributed by atoms with Crippen molar-refractivity contribution in [2.24, 2.45) is 0 Å². The Bertz CT molecular complexity index is 1010. The van der Waals surface area contributed by atoms with Gasteiger partial charge in [-0.05, 0) is 24.5 Å². The van der Waals surface area contributed by atoms with E-state index in [4.69, 9.17) is 14.2 Å². The summed E-state index contributed by atoms with van der Waals surface area (Å²) in [5.41, 5.74) is 0.907. The predicted molar refractivity (Wildman–Crippen MR) is 110 cm³/mol. The molecule has 146 valence electrons. The van der Waals surface area contributed by atoms with E-state index in [9.17, 15) is 4.79 Å². The quantitative estimate of drug-likeness (QED) is 0.621. The van der Waals surface area contributed by atoms with Crippen LogP contribution in [0.2, 0.25) is 0 Å². The Labute approximate surface area is 164 Å². The number of hydrogen-bond donors (Lipinski definition) is 1. The Kier molecular flexibility index (Phi) is 5.24. The molecule has 3 aromatic carbocycles. The van der Waals surface area contributed by atoms with E-state index in [1.807, 2.05) is 42.5 Å². The molecule has 0 aliphatic heterocycles. The van der Waals surface area contributed by atoms with Crippen molar-refractivity contribution in [3.8, 4) is 11.5 Å². The second kappa shape index (κ2) is 7.97. The first-order chi connectivity index (χ1) is 13.7. The van der Waals surface area contributed by atoms with Crippen molar-refractivity contribution >= 4 is 27.6 Å². The fraction of sp³-hybridized carbons (Fsp3) is 0.348. The number of hydrogen-bond acceptors (Lipinski definition) is 4. The number of carbonyl (C=O) groups is 1. The number of alkyl carbamates (subject to hydrolysis) is 1. The van der Waals surface area contributed by atoms with Gasteiger partial charge in [0.25, 0.3) is 0 Å². The van der Waals surface area contributed by atoms with Gasteiger partial charge in [-0.2, -0.15) is 0 Å². The highest BCUT2D eigenvalue weighted by Gasteiger charge is 2.18. The summed E-state index contributed by atoms with van der Waals surface area (Å²) in [6.45, 7) is 0.215. The molecule has 1 fully saturated rings. The van der Waals surface area contributed by atoms with Crippen LogP contribution in [0, 0.1) is 0 Å². The van der Waals surface area contributed by atoms with Gasteiger partial charge in [-0.25, -0.2) is 4.79 Å². The fourth-order valence-corrected chi connectivity index (χ4v) is 4.10. The number of rotatable bonds is 5. The minimum absolute atomic E-state index is 0.215. The van der Waals surface area contributed by atoms with E-state index in [1.165, 1.54) is 12.8 Å². The van der Waals surface area contributed by atoms with Crippen molar-refractivity contribution in [1.82, 2.24) is 5.32 Å². The third kappa shape index (κ3) is 3.44. The summed E-state index contributed by atoms with van der Waals surface area (Å²) in [4.78, 5) is 12.1. The maximum absolute atomic E-state index is 12.1. The van der Waals surface area contributed by atoms with Crippen molar-refractivity contribution < 1.29 is 19.0 Å². The van der Waals surface area contributed by atoms with Crippen LogP contribution in [0.15, 0.2) is 42.5 Å². The van der Waals surface area contributed by atoms with Gasteiger partial charge in [0.1, 0.15) is 18.1 Å². The van der Waals surface area contributed by atoms with Crippen LogP contribution in [-0.2, 0) is 11.3 Å². The SMILES string of the molecule is COc1c2ccccc2c(OC)c2cc(COC(=O)NC3CCCC3)ccc12. The van der Waals surface area contributed by atoms with Crippen LogP contribution in [0.1, 0.15) is 31.2 Å². The van der Waals surface area contributed by atoms with E-state index in [0.717, 1.165) is 51.4 Å². The standard InChI is InChI=1S/C23H25NO4/c1-26-21-17-9-5-6-10-18(17)22(27-2)20-13-15(11-12-19(20)21)14-28-23(25)24-16-7-3-4-8-16/h5-6,9-13,16H,3-4,7-8,14H2,1-2H3,(H,24,25). The number of nitrogens with one attached hydrogen (secondary N) is 1. The van der Waals surface area contributed by atoms with Crippen LogP contribution < -0.4 is 14.8 Å². The molecule has 3 aromatic rings. The lowest BCUT2D eigenvalue weighted by atomic mass is 9.99. The summed E-state index contributed by atoms with van der Waals surface area (Å²) >= 11 is 0. The molecule has 1 saturated carbocycles. The normalized spacial score (nSPS) is 14.4. The predicted octanol–water partition coefficient (Wildman–Crippen LogP) is 5.18. The number of fused-ring (bicyclic) bond motifs is 2. The van der Waals surface area contributed by atoms with Crippen molar-refractivity contribution in [1.29, 1.82) is 0 Å². The molecule has 1 N–H and O–H groups in total. The molecule has 5 heteroatoms. The van der Waals surface area contributed by atoms with Gasteiger partial charge in [0, 0.05) is 27.6 Å². The smallest absolute Gasteiger partial charge is 0.407 e. The number of benzene rings is 3. The molecule has 4 rings (SSSR count). The monoisotopic (exact) mass is 379 g/mol. The first-order valence-electron chi connectivity index (χ1n) is 9.70. The van der Waals surface area contributed by atoms with Crippen LogP contribution in [-0.4, -0.2) is 26.4 Å². The van der Waals surface area contributed by atoms with Crippen LogP contribution in [0.25, 0.3) is 21.5 Å². The van der Waals surface area contributed by atoms with E-state index >= 15 is 0 Å². The molecule has 0 atom stereocenters. The van der Waals surface area contributed by atoms with Gasteiger partial charge in [-0.3, -0.25) is 0 Å². The number of amides is 1. The molecular formula is C23H25NO4. The maximum atomic E-state index is 12.1. The minimum Gasteiger partial charge on any atom is -0.495 e. The molecule has 0 radical (unpaired) electrons.